The molecule has 0 heterocycles. The summed E-state index contributed by atoms with van der Waals surface area (Å²) in [6.07, 6.45) is 1.79. The number of hydrogen-bond acceptors (Lipinski definition) is 4. The lowest BCUT2D eigenvalue weighted by molar-refractivity contribution is -0.117. The van der Waals surface area contributed by atoms with Crippen LogP contribution in [0.2, 0.25) is 5.02 Å². The molecule has 2 aromatic carbocycles. The molecule has 0 aliphatic heterocycles. The minimum absolute atomic E-state index is 0.00574. The Bertz CT molecular complexity index is 1060. The summed E-state index contributed by atoms with van der Waals surface area (Å²) >= 11 is 6.17. The van der Waals surface area contributed by atoms with Crippen molar-refractivity contribution < 1.29 is 18.0 Å². The third-order valence-electron chi connectivity index (χ3n) is 4.86. The van der Waals surface area contributed by atoms with Gasteiger partial charge in [0.1, 0.15) is 0 Å². The van der Waals surface area contributed by atoms with Gasteiger partial charge in [-0.1, -0.05) is 31.5 Å². The first kappa shape index (κ1) is 22.3. The number of rotatable bonds is 8. The van der Waals surface area contributed by atoms with Crippen molar-refractivity contribution in [1.29, 1.82) is 0 Å². The van der Waals surface area contributed by atoms with Crippen LogP contribution in [0.3, 0.4) is 0 Å². The molecule has 9 heteroatoms. The summed E-state index contributed by atoms with van der Waals surface area (Å²) in [6, 6.07) is 10.8. The number of hydrogen-bond donors (Lipinski definition) is 2. The molecule has 1 saturated carbocycles. The lowest BCUT2D eigenvalue weighted by Crippen LogP contribution is -2.30. The van der Waals surface area contributed by atoms with Gasteiger partial charge in [0.2, 0.25) is 15.9 Å². The van der Waals surface area contributed by atoms with Crippen LogP contribution in [0.15, 0.2) is 47.4 Å². The smallest absolute Gasteiger partial charge is 0.257 e. The average molecular weight is 450 g/mol. The number of amides is 2. The standard InChI is InChI=1S/C21H24ClN3O4S/c1-3-25(4-2)30(28,29)17-10-11-19(22)18(13-17)21(27)24-16-7-5-6-15(12-16)23-20(26)14-8-9-14/h5-7,10-14H,3-4,8-9H2,1-2H3,(H,23,26)(H,24,27). The minimum atomic E-state index is -3.72. The van der Waals surface area contributed by atoms with Crippen LogP contribution in [-0.4, -0.2) is 37.6 Å². The topological polar surface area (TPSA) is 95.6 Å². The molecule has 0 saturated heterocycles. The highest BCUT2D eigenvalue weighted by molar-refractivity contribution is 7.89. The third kappa shape index (κ3) is 5.00. The van der Waals surface area contributed by atoms with Crippen molar-refractivity contribution in [3.63, 3.8) is 0 Å². The third-order valence-corrected chi connectivity index (χ3v) is 7.24. The number of carbonyl (C=O) groups excluding carboxylic acids is 2. The Hall–Kier alpha value is -2.42. The molecular weight excluding hydrogens is 426 g/mol. The van der Waals surface area contributed by atoms with Crippen LogP contribution in [0.4, 0.5) is 11.4 Å². The second-order valence-electron chi connectivity index (χ2n) is 7.03. The van der Waals surface area contributed by atoms with Gasteiger partial charge in [-0.25, -0.2) is 8.42 Å². The maximum atomic E-state index is 12.8. The number of anilines is 2. The Morgan fingerprint density at radius 3 is 2.27 bits per heavy atom. The van der Waals surface area contributed by atoms with Crippen molar-refractivity contribution in [3.05, 3.63) is 53.1 Å². The molecule has 2 amide bonds. The number of nitrogens with zero attached hydrogens (tertiary/aromatic N) is 1. The van der Waals surface area contributed by atoms with E-state index in [2.05, 4.69) is 10.6 Å². The van der Waals surface area contributed by atoms with Gasteiger partial charge in [-0.3, -0.25) is 9.59 Å². The molecule has 3 rings (SSSR count). The van der Waals surface area contributed by atoms with Crippen molar-refractivity contribution in [2.45, 2.75) is 31.6 Å². The molecule has 1 aliphatic carbocycles. The van der Waals surface area contributed by atoms with E-state index in [0.29, 0.717) is 24.5 Å². The Labute approximate surface area is 181 Å². The lowest BCUT2D eigenvalue weighted by atomic mass is 10.2. The van der Waals surface area contributed by atoms with E-state index in [0.717, 1.165) is 12.8 Å². The summed E-state index contributed by atoms with van der Waals surface area (Å²) in [7, 11) is -3.72. The molecule has 0 aromatic heterocycles. The fraction of sp³-hybridized carbons (Fsp3) is 0.333. The van der Waals surface area contributed by atoms with Gasteiger partial charge in [0.15, 0.2) is 0 Å². The van der Waals surface area contributed by atoms with Crippen molar-refractivity contribution >= 4 is 44.8 Å². The Balaban J connectivity index is 1.81. The fourth-order valence-corrected chi connectivity index (χ4v) is 4.70. The highest BCUT2D eigenvalue weighted by Gasteiger charge is 2.29. The van der Waals surface area contributed by atoms with E-state index >= 15 is 0 Å². The van der Waals surface area contributed by atoms with E-state index in [9.17, 15) is 18.0 Å². The maximum Gasteiger partial charge on any atom is 0.257 e. The maximum absolute atomic E-state index is 12.8. The number of sulfonamides is 1. The zero-order valence-electron chi connectivity index (χ0n) is 16.8. The summed E-state index contributed by atoms with van der Waals surface area (Å²) < 4.78 is 26.8. The van der Waals surface area contributed by atoms with Crippen LogP contribution >= 0.6 is 11.6 Å². The monoisotopic (exact) mass is 449 g/mol. The van der Waals surface area contributed by atoms with Crippen LogP contribution in [0, 0.1) is 5.92 Å². The molecule has 1 fully saturated rings. The van der Waals surface area contributed by atoms with Crippen molar-refractivity contribution in [1.82, 2.24) is 4.31 Å². The Morgan fingerprint density at radius 2 is 1.67 bits per heavy atom. The van der Waals surface area contributed by atoms with Gasteiger partial charge < -0.3 is 10.6 Å². The van der Waals surface area contributed by atoms with Crippen LogP contribution in [0.5, 0.6) is 0 Å². The summed E-state index contributed by atoms with van der Waals surface area (Å²) in [4.78, 5) is 24.7. The van der Waals surface area contributed by atoms with E-state index in [1.54, 1.807) is 38.1 Å². The van der Waals surface area contributed by atoms with Crippen molar-refractivity contribution in [2.24, 2.45) is 5.92 Å². The van der Waals surface area contributed by atoms with Gasteiger partial charge in [-0.05, 0) is 49.2 Å². The predicted molar refractivity (Wildman–Crippen MR) is 117 cm³/mol. The molecule has 0 unspecified atom stereocenters. The van der Waals surface area contributed by atoms with Crippen molar-refractivity contribution in [2.75, 3.05) is 23.7 Å². The predicted octanol–water partition coefficient (Wildman–Crippen LogP) is 3.97. The number of nitrogens with one attached hydrogen (secondary N) is 2. The van der Waals surface area contributed by atoms with E-state index in [1.165, 1.54) is 22.5 Å². The average Bonchev–Trinajstić information content (AvgIpc) is 3.54. The summed E-state index contributed by atoms with van der Waals surface area (Å²) in [5.41, 5.74) is 1.09. The minimum Gasteiger partial charge on any atom is -0.326 e. The van der Waals surface area contributed by atoms with Gasteiger partial charge >= 0.3 is 0 Å². The number of halogens is 1. The summed E-state index contributed by atoms with van der Waals surface area (Å²) in [6.45, 7) is 4.14. The van der Waals surface area contributed by atoms with Crippen molar-refractivity contribution in [3.8, 4) is 0 Å². The van der Waals surface area contributed by atoms with Gasteiger partial charge in [0, 0.05) is 30.4 Å². The molecule has 0 radical (unpaired) electrons. The fourth-order valence-electron chi connectivity index (χ4n) is 3.01. The zero-order valence-corrected chi connectivity index (χ0v) is 18.4. The largest absolute Gasteiger partial charge is 0.326 e. The highest BCUT2D eigenvalue weighted by atomic mass is 35.5. The van der Waals surface area contributed by atoms with Gasteiger partial charge in [0.05, 0.1) is 15.5 Å². The van der Waals surface area contributed by atoms with E-state index in [4.69, 9.17) is 11.6 Å². The first-order valence-corrected chi connectivity index (χ1v) is 11.6. The first-order valence-electron chi connectivity index (χ1n) is 9.78. The normalized spacial score (nSPS) is 13.9. The van der Waals surface area contributed by atoms with Gasteiger partial charge in [-0.15, -0.1) is 0 Å². The van der Waals surface area contributed by atoms with Crippen LogP contribution in [0.25, 0.3) is 0 Å². The molecule has 160 valence electrons. The molecule has 2 aromatic rings. The van der Waals surface area contributed by atoms with E-state index < -0.39 is 15.9 Å². The SMILES string of the molecule is CCN(CC)S(=O)(=O)c1ccc(Cl)c(C(=O)Nc2cccc(NC(=O)C3CC3)c2)c1. The summed E-state index contributed by atoms with van der Waals surface area (Å²) in [5.74, 6) is -0.504. The Kier molecular flexibility index (Phi) is 6.80. The van der Waals surface area contributed by atoms with Crippen LogP contribution < -0.4 is 10.6 Å². The second-order valence-corrected chi connectivity index (χ2v) is 9.37. The summed E-state index contributed by atoms with van der Waals surface area (Å²) in [5, 5.41) is 5.67. The van der Waals surface area contributed by atoms with Gasteiger partial charge in [0.25, 0.3) is 5.91 Å². The lowest BCUT2D eigenvalue weighted by Gasteiger charge is -2.19. The molecule has 0 bridgehead atoms. The molecule has 0 atom stereocenters. The first-order chi connectivity index (χ1) is 14.3. The molecule has 7 nitrogen and oxygen atoms in total. The molecule has 0 spiro atoms. The highest BCUT2D eigenvalue weighted by Crippen LogP contribution is 2.30. The van der Waals surface area contributed by atoms with E-state index in [-0.39, 0.29) is 27.3 Å². The second kappa shape index (κ2) is 9.16. The Morgan fingerprint density at radius 1 is 1.03 bits per heavy atom. The number of benzene rings is 2. The van der Waals surface area contributed by atoms with Crippen LogP contribution in [-0.2, 0) is 14.8 Å². The quantitative estimate of drug-likeness (QED) is 0.637. The zero-order chi connectivity index (χ0) is 21.9. The van der Waals surface area contributed by atoms with Gasteiger partial charge in [-0.2, -0.15) is 4.31 Å². The molecule has 1 aliphatic rings. The molecular formula is C21H24ClN3O4S. The molecule has 2 N–H and O–H groups in total. The molecule has 30 heavy (non-hydrogen) atoms. The van der Waals surface area contributed by atoms with E-state index in [1.807, 2.05) is 0 Å². The number of carbonyl (C=O) groups is 2. The van der Waals surface area contributed by atoms with Crippen LogP contribution in [0.1, 0.15) is 37.0 Å².